The molecule has 0 heterocycles. The normalized spacial score (nSPS) is 9.23. The summed E-state index contributed by atoms with van der Waals surface area (Å²) in [4.78, 5) is 0. The van der Waals surface area contributed by atoms with Gasteiger partial charge in [0.25, 0.3) is 0 Å². The van der Waals surface area contributed by atoms with E-state index in [1.165, 1.54) is 12.1 Å². The minimum Gasteiger partial charge on any atom is -0.384 e. The summed E-state index contributed by atoms with van der Waals surface area (Å²) >= 11 is 5.77. The molecule has 0 aliphatic carbocycles. The molecule has 0 fully saturated rings. The van der Waals surface area contributed by atoms with E-state index in [1.54, 1.807) is 6.92 Å². The lowest BCUT2D eigenvalue weighted by molar-refractivity contribution is 0.350. The first-order valence-electron chi connectivity index (χ1n) is 3.70. The summed E-state index contributed by atoms with van der Waals surface area (Å²) in [6, 6.07) is 2.78. The van der Waals surface area contributed by atoms with Crippen molar-refractivity contribution < 1.29 is 9.50 Å². The molecular weight excluding hydrogens is 191 g/mol. The minimum absolute atomic E-state index is 0.213. The highest BCUT2D eigenvalue weighted by Gasteiger charge is 2.02. The zero-order valence-corrected chi connectivity index (χ0v) is 7.82. The molecule has 0 aliphatic heterocycles. The third kappa shape index (κ3) is 2.45. The van der Waals surface area contributed by atoms with Crippen LogP contribution >= 0.6 is 11.6 Å². The standard InChI is InChI=1S/C10H8ClFO/c1-7-5-10(12)8(3-2-4-13)6-9(7)11/h5-6,13H,4H2,1H3. The van der Waals surface area contributed by atoms with E-state index in [0.29, 0.717) is 10.6 Å². The van der Waals surface area contributed by atoms with Crippen molar-refractivity contribution in [2.24, 2.45) is 0 Å². The third-order valence-electron chi connectivity index (χ3n) is 1.55. The molecule has 0 unspecified atom stereocenters. The van der Waals surface area contributed by atoms with Gasteiger partial charge in [-0.05, 0) is 24.6 Å². The van der Waals surface area contributed by atoms with Crippen molar-refractivity contribution >= 4 is 11.6 Å². The first-order valence-corrected chi connectivity index (χ1v) is 4.08. The summed E-state index contributed by atoms with van der Waals surface area (Å²) in [5, 5.41) is 8.89. The number of halogens is 2. The summed E-state index contributed by atoms with van der Waals surface area (Å²) in [5.74, 6) is 4.42. The molecule has 0 saturated heterocycles. The van der Waals surface area contributed by atoms with Gasteiger partial charge in [-0.25, -0.2) is 4.39 Å². The molecule has 0 bridgehead atoms. The van der Waals surface area contributed by atoms with Crippen LogP contribution in [0.15, 0.2) is 12.1 Å². The average molecular weight is 199 g/mol. The first-order chi connectivity index (χ1) is 6.15. The van der Waals surface area contributed by atoms with Crippen LogP contribution in [0.3, 0.4) is 0 Å². The van der Waals surface area contributed by atoms with Gasteiger partial charge in [-0.3, -0.25) is 0 Å². The molecule has 0 radical (unpaired) electrons. The number of aliphatic hydroxyl groups excluding tert-OH is 1. The van der Waals surface area contributed by atoms with Crippen LogP contribution in [-0.2, 0) is 0 Å². The lowest BCUT2D eigenvalue weighted by atomic mass is 10.1. The Morgan fingerprint density at radius 2 is 2.23 bits per heavy atom. The minimum atomic E-state index is -0.414. The Kier molecular flexibility index (Phi) is 3.30. The number of benzene rings is 1. The Morgan fingerprint density at radius 1 is 1.54 bits per heavy atom. The monoisotopic (exact) mass is 198 g/mol. The van der Waals surface area contributed by atoms with E-state index in [2.05, 4.69) is 11.8 Å². The Bertz CT molecular complexity index is 376. The van der Waals surface area contributed by atoms with E-state index >= 15 is 0 Å². The average Bonchev–Trinajstić information content (AvgIpc) is 2.09. The van der Waals surface area contributed by atoms with Gasteiger partial charge in [-0.2, -0.15) is 0 Å². The second-order valence-corrected chi connectivity index (χ2v) is 2.95. The van der Waals surface area contributed by atoms with Crippen molar-refractivity contribution in [2.75, 3.05) is 6.61 Å². The predicted molar refractivity (Wildman–Crippen MR) is 50.1 cm³/mol. The molecule has 3 heteroatoms. The maximum atomic E-state index is 13.1. The molecule has 1 aromatic carbocycles. The van der Waals surface area contributed by atoms with Crippen molar-refractivity contribution in [1.29, 1.82) is 0 Å². The molecule has 1 N–H and O–H groups in total. The van der Waals surface area contributed by atoms with E-state index in [9.17, 15) is 4.39 Å². The molecule has 1 aromatic rings. The smallest absolute Gasteiger partial charge is 0.139 e. The molecule has 0 aliphatic rings. The van der Waals surface area contributed by atoms with Gasteiger partial charge < -0.3 is 5.11 Å². The number of hydrogen-bond donors (Lipinski definition) is 1. The number of hydrogen-bond acceptors (Lipinski definition) is 1. The van der Waals surface area contributed by atoms with Crippen LogP contribution in [0, 0.1) is 24.6 Å². The number of rotatable bonds is 0. The third-order valence-corrected chi connectivity index (χ3v) is 1.96. The highest BCUT2D eigenvalue weighted by atomic mass is 35.5. The van der Waals surface area contributed by atoms with Gasteiger partial charge in [0, 0.05) is 5.02 Å². The zero-order chi connectivity index (χ0) is 9.84. The molecule has 68 valence electrons. The van der Waals surface area contributed by atoms with Crippen molar-refractivity contribution in [3.05, 3.63) is 34.1 Å². The summed E-state index contributed by atoms with van der Waals surface area (Å²) in [5.41, 5.74) is 0.887. The van der Waals surface area contributed by atoms with Crippen molar-refractivity contribution in [3.63, 3.8) is 0 Å². The van der Waals surface area contributed by atoms with Gasteiger partial charge in [0.05, 0.1) is 5.56 Å². The maximum absolute atomic E-state index is 13.1. The van der Waals surface area contributed by atoms with Gasteiger partial charge in [-0.15, -0.1) is 0 Å². The van der Waals surface area contributed by atoms with Crippen molar-refractivity contribution in [2.45, 2.75) is 6.92 Å². The maximum Gasteiger partial charge on any atom is 0.139 e. The Balaban J connectivity index is 3.16. The van der Waals surface area contributed by atoms with E-state index in [4.69, 9.17) is 16.7 Å². The fourth-order valence-corrected chi connectivity index (χ4v) is 1.04. The molecule has 1 nitrogen and oxygen atoms in total. The SMILES string of the molecule is Cc1cc(F)c(C#CCO)cc1Cl. The summed E-state index contributed by atoms with van der Waals surface area (Å²) in [7, 11) is 0. The highest BCUT2D eigenvalue weighted by Crippen LogP contribution is 2.19. The molecule has 0 saturated carbocycles. The van der Waals surface area contributed by atoms with E-state index < -0.39 is 5.82 Å². The van der Waals surface area contributed by atoms with E-state index in [-0.39, 0.29) is 12.2 Å². The van der Waals surface area contributed by atoms with Gasteiger partial charge in [0.15, 0.2) is 0 Å². The molecule has 13 heavy (non-hydrogen) atoms. The molecule has 0 atom stereocenters. The first kappa shape index (κ1) is 10.0. The van der Waals surface area contributed by atoms with Crippen molar-refractivity contribution in [3.8, 4) is 11.8 Å². The van der Waals surface area contributed by atoms with Crippen LogP contribution in [0.25, 0.3) is 0 Å². The predicted octanol–water partition coefficient (Wildman–Crippen LogP) is 2.13. The highest BCUT2D eigenvalue weighted by molar-refractivity contribution is 6.31. The largest absolute Gasteiger partial charge is 0.384 e. The Hall–Kier alpha value is -1.04. The molecule has 0 spiro atoms. The van der Waals surface area contributed by atoms with Crippen LogP contribution in [0.5, 0.6) is 0 Å². The fraction of sp³-hybridized carbons (Fsp3) is 0.200. The molecule has 0 amide bonds. The van der Waals surface area contributed by atoms with E-state index in [0.717, 1.165) is 0 Å². The number of aryl methyl sites for hydroxylation is 1. The summed E-state index contributed by atoms with van der Waals surface area (Å²) in [6.07, 6.45) is 0. The van der Waals surface area contributed by atoms with Gasteiger partial charge in [0.1, 0.15) is 12.4 Å². The lowest BCUT2D eigenvalue weighted by Crippen LogP contribution is -1.87. The second kappa shape index (κ2) is 4.27. The lowest BCUT2D eigenvalue weighted by Gasteiger charge is -1.99. The van der Waals surface area contributed by atoms with Crippen LogP contribution in [0.1, 0.15) is 11.1 Å². The van der Waals surface area contributed by atoms with Crippen LogP contribution in [-0.4, -0.2) is 11.7 Å². The number of aliphatic hydroxyl groups is 1. The molecule has 1 rings (SSSR count). The van der Waals surface area contributed by atoms with Gasteiger partial charge >= 0.3 is 0 Å². The van der Waals surface area contributed by atoms with Crippen LogP contribution in [0.2, 0.25) is 5.02 Å². The molecular formula is C10H8ClFO. The van der Waals surface area contributed by atoms with Crippen LogP contribution in [0.4, 0.5) is 4.39 Å². The topological polar surface area (TPSA) is 20.2 Å². The van der Waals surface area contributed by atoms with Crippen LogP contribution < -0.4 is 0 Å². The quantitative estimate of drug-likeness (QED) is 0.634. The second-order valence-electron chi connectivity index (χ2n) is 2.54. The van der Waals surface area contributed by atoms with Gasteiger partial charge in [0.2, 0.25) is 0 Å². The summed E-state index contributed by atoms with van der Waals surface area (Å²) in [6.45, 7) is 1.43. The van der Waals surface area contributed by atoms with Crippen molar-refractivity contribution in [1.82, 2.24) is 0 Å². The fourth-order valence-electron chi connectivity index (χ4n) is 0.877. The Morgan fingerprint density at radius 3 is 2.85 bits per heavy atom. The molecule has 0 aromatic heterocycles. The summed E-state index contributed by atoms with van der Waals surface area (Å²) < 4.78 is 13.1. The van der Waals surface area contributed by atoms with Gasteiger partial charge in [-0.1, -0.05) is 23.4 Å². The van der Waals surface area contributed by atoms with E-state index in [1.807, 2.05) is 0 Å². The Labute approximate surface area is 81.2 Å². The zero-order valence-electron chi connectivity index (χ0n) is 7.06.